The van der Waals surface area contributed by atoms with E-state index in [1.807, 2.05) is 54.2 Å². The van der Waals surface area contributed by atoms with Gasteiger partial charge in [-0.1, -0.05) is 18.2 Å². The fraction of sp³-hybridized carbons (Fsp3) is 0.348. The van der Waals surface area contributed by atoms with Crippen molar-refractivity contribution in [3.8, 4) is 5.75 Å². The van der Waals surface area contributed by atoms with Gasteiger partial charge in [-0.3, -0.25) is 4.79 Å². The van der Waals surface area contributed by atoms with Gasteiger partial charge in [-0.2, -0.15) is 4.98 Å². The molecule has 0 aliphatic carbocycles. The molecule has 32 heavy (non-hydrogen) atoms. The highest BCUT2D eigenvalue weighted by molar-refractivity contribution is 7.10. The summed E-state index contributed by atoms with van der Waals surface area (Å²) < 4.78 is 6.27. The molecule has 0 fully saturated rings. The lowest BCUT2D eigenvalue weighted by atomic mass is 10.1. The second-order valence-electron chi connectivity index (χ2n) is 7.77. The van der Waals surface area contributed by atoms with Crippen LogP contribution in [0.3, 0.4) is 0 Å². The first-order valence-corrected chi connectivity index (χ1v) is 11.5. The largest absolute Gasteiger partial charge is 0.485 e. The molecular weight excluding hydrogens is 424 g/mol. The van der Waals surface area contributed by atoms with Crippen molar-refractivity contribution in [1.29, 1.82) is 0 Å². The zero-order chi connectivity index (χ0) is 22.5. The summed E-state index contributed by atoms with van der Waals surface area (Å²) in [6, 6.07) is 12.1. The van der Waals surface area contributed by atoms with E-state index in [2.05, 4.69) is 26.7 Å². The number of fused-ring (bicyclic) bond motifs is 1. The number of likely N-dealkylation sites (N-methyl/N-ethyl adjacent to an activating group) is 1. The van der Waals surface area contributed by atoms with Gasteiger partial charge in [-0.25, -0.2) is 4.98 Å². The van der Waals surface area contributed by atoms with E-state index in [9.17, 15) is 4.79 Å². The Morgan fingerprint density at radius 3 is 2.78 bits per heavy atom. The normalized spacial score (nSPS) is 14.8. The minimum Gasteiger partial charge on any atom is -0.485 e. The number of ether oxygens (including phenoxy) is 1. The van der Waals surface area contributed by atoms with Crippen LogP contribution in [0.25, 0.3) is 0 Å². The summed E-state index contributed by atoms with van der Waals surface area (Å²) in [6.07, 6.45) is 2.42. The number of rotatable bonds is 8. The Morgan fingerprint density at radius 1 is 1.25 bits per heavy atom. The predicted molar refractivity (Wildman–Crippen MR) is 127 cm³/mol. The van der Waals surface area contributed by atoms with Crippen LogP contribution >= 0.6 is 11.3 Å². The minimum absolute atomic E-state index is 0.0139. The maximum absolute atomic E-state index is 13.1. The van der Waals surface area contributed by atoms with Crippen molar-refractivity contribution in [3.05, 3.63) is 64.0 Å². The van der Waals surface area contributed by atoms with Crippen LogP contribution in [0.2, 0.25) is 0 Å². The average Bonchev–Trinajstić information content (AvgIpc) is 3.31. The van der Waals surface area contributed by atoms with Crippen LogP contribution in [0, 0.1) is 0 Å². The molecule has 8 nitrogen and oxygen atoms in total. The number of hydrogen-bond donors (Lipinski definition) is 2. The van der Waals surface area contributed by atoms with E-state index in [4.69, 9.17) is 10.5 Å². The molecule has 3 aromatic rings. The maximum Gasteiger partial charge on any atom is 0.259 e. The molecule has 1 aliphatic heterocycles. The molecular formula is C23H28N6O2S. The third kappa shape index (κ3) is 5.00. The van der Waals surface area contributed by atoms with Crippen LogP contribution in [0.5, 0.6) is 5.75 Å². The van der Waals surface area contributed by atoms with Crippen molar-refractivity contribution >= 4 is 29.0 Å². The molecule has 4 rings (SSSR count). The predicted octanol–water partition coefficient (Wildman–Crippen LogP) is 2.94. The number of thiophene rings is 1. The summed E-state index contributed by atoms with van der Waals surface area (Å²) in [4.78, 5) is 26.3. The van der Waals surface area contributed by atoms with E-state index in [0.29, 0.717) is 31.0 Å². The third-order valence-corrected chi connectivity index (χ3v) is 6.43. The SMILES string of the molecule is CNCC[C@H](Oc1ccc(CN2CCN(C)c3nc(N)ncc3C2=O)cc1)c1cccs1. The van der Waals surface area contributed by atoms with Crippen molar-refractivity contribution in [3.63, 3.8) is 0 Å². The van der Waals surface area contributed by atoms with Crippen LogP contribution < -0.4 is 20.7 Å². The molecule has 1 amide bonds. The van der Waals surface area contributed by atoms with Gasteiger partial charge >= 0.3 is 0 Å². The molecule has 3 heterocycles. The summed E-state index contributed by atoms with van der Waals surface area (Å²) in [5.74, 6) is 1.48. The molecule has 9 heteroatoms. The lowest BCUT2D eigenvalue weighted by Crippen LogP contribution is -2.33. The van der Waals surface area contributed by atoms with Gasteiger partial charge in [0.1, 0.15) is 23.2 Å². The Kier molecular flexibility index (Phi) is 6.87. The summed E-state index contributed by atoms with van der Waals surface area (Å²) in [5, 5.41) is 5.26. The lowest BCUT2D eigenvalue weighted by molar-refractivity contribution is 0.0754. The van der Waals surface area contributed by atoms with Gasteiger partial charge in [-0.05, 0) is 42.7 Å². The van der Waals surface area contributed by atoms with E-state index in [0.717, 1.165) is 24.3 Å². The van der Waals surface area contributed by atoms with Crippen LogP contribution in [-0.4, -0.2) is 54.5 Å². The Morgan fingerprint density at radius 2 is 2.06 bits per heavy atom. The number of aromatic nitrogens is 2. The number of anilines is 2. The number of nitrogens with two attached hydrogens (primary N) is 1. The third-order valence-electron chi connectivity index (χ3n) is 5.46. The fourth-order valence-electron chi connectivity index (χ4n) is 3.69. The van der Waals surface area contributed by atoms with Crippen molar-refractivity contribution in [2.45, 2.75) is 19.1 Å². The standard InChI is InChI=1S/C23H28N6O2S/c1-25-10-9-19(20-4-3-13-32-20)31-17-7-5-16(6-8-17)15-29-12-11-28(2)21-18(22(29)30)14-26-23(24)27-21/h3-8,13-14,19,25H,9-12,15H2,1-2H3,(H2,24,26,27)/t19-/m0/s1. The molecule has 2 aromatic heterocycles. The monoisotopic (exact) mass is 452 g/mol. The van der Waals surface area contributed by atoms with Crippen molar-refractivity contribution in [2.75, 3.05) is 44.4 Å². The smallest absolute Gasteiger partial charge is 0.259 e. The van der Waals surface area contributed by atoms with Gasteiger partial charge in [-0.15, -0.1) is 11.3 Å². The zero-order valence-corrected chi connectivity index (χ0v) is 19.1. The van der Waals surface area contributed by atoms with Gasteiger partial charge in [0, 0.05) is 44.2 Å². The van der Waals surface area contributed by atoms with E-state index >= 15 is 0 Å². The molecule has 0 spiro atoms. The zero-order valence-electron chi connectivity index (χ0n) is 18.3. The Labute approximate surface area is 192 Å². The van der Waals surface area contributed by atoms with Gasteiger partial charge in [0.15, 0.2) is 0 Å². The van der Waals surface area contributed by atoms with E-state index in [1.54, 1.807) is 11.3 Å². The van der Waals surface area contributed by atoms with Gasteiger partial charge < -0.3 is 25.6 Å². The number of hydrogen-bond acceptors (Lipinski definition) is 8. The molecule has 0 saturated carbocycles. The highest BCUT2D eigenvalue weighted by Gasteiger charge is 2.27. The van der Waals surface area contributed by atoms with Crippen molar-refractivity contribution < 1.29 is 9.53 Å². The first-order chi connectivity index (χ1) is 15.5. The molecule has 0 unspecified atom stereocenters. The quantitative estimate of drug-likeness (QED) is 0.542. The Balaban J connectivity index is 1.45. The van der Waals surface area contributed by atoms with Crippen molar-refractivity contribution in [2.24, 2.45) is 0 Å². The van der Waals surface area contributed by atoms with Gasteiger partial charge in [0.05, 0.1) is 0 Å². The highest BCUT2D eigenvalue weighted by atomic mass is 32.1. The summed E-state index contributed by atoms with van der Waals surface area (Å²) in [6.45, 7) is 2.65. The highest BCUT2D eigenvalue weighted by Crippen LogP contribution is 2.29. The summed E-state index contributed by atoms with van der Waals surface area (Å²) in [5.41, 5.74) is 7.23. The fourth-order valence-corrected chi connectivity index (χ4v) is 4.48. The number of nitrogens with zero attached hydrogens (tertiary/aromatic N) is 4. The molecule has 1 aliphatic rings. The topological polar surface area (TPSA) is 96.6 Å². The second kappa shape index (κ2) is 9.97. The maximum atomic E-state index is 13.1. The minimum atomic E-state index is -0.0884. The number of benzene rings is 1. The number of carbonyl (C=O) groups excluding carboxylic acids is 1. The van der Waals surface area contributed by atoms with E-state index in [1.165, 1.54) is 11.1 Å². The molecule has 1 atom stereocenters. The molecule has 3 N–H and O–H groups in total. The second-order valence-corrected chi connectivity index (χ2v) is 8.75. The number of carbonyl (C=O) groups is 1. The molecule has 0 bridgehead atoms. The molecule has 1 aromatic carbocycles. The lowest BCUT2D eigenvalue weighted by Gasteiger charge is -2.22. The average molecular weight is 453 g/mol. The van der Waals surface area contributed by atoms with Crippen molar-refractivity contribution in [1.82, 2.24) is 20.2 Å². The number of nitrogens with one attached hydrogen (secondary N) is 1. The Hall–Kier alpha value is -3.17. The molecule has 0 radical (unpaired) electrons. The van der Waals surface area contributed by atoms with Crippen LogP contribution in [0.15, 0.2) is 48.0 Å². The van der Waals surface area contributed by atoms with Crippen LogP contribution in [0.4, 0.5) is 11.8 Å². The van der Waals surface area contributed by atoms with E-state index in [-0.39, 0.29) is 18.0 Å². The number of nitrogen functional groups attached to an aromatic ring is 1. The molecule has 168 valence electrons. The first kappa shape index (κ1) is 22.0. The summed E-state index contributed by atoms with van der Waals surface area (Å²) in [7, 11) is 3.86. The first-order valence-electron chi connectivity index (χ1n) is 10.6. The van der Waals surface area contributed by atoms with E-state index < -0.39 is 0 Å². The number of amides is 1. The van der Waals surface area contributed by atoms with Crippen LogP contribution in [0.1, 0.15) is 33.3 Å². The van der Waals surface area contributed by atoms with Crippen LogP contribution in [-0.2, 0) is 6.54 Å². The van der Waals surface area contributed by atoms with Gasteiger partial charge in [0.2, 0.25) is 5.95 Å². The van der Waals surface area contributed by atoms with Gasteiger partial charge in [0.25, 0.3) is 5.91 Å². The Bertz CT molecular complexity index is 1040. The molecule has 0 saturated heterocycles. The summed E-state index contributed by atoms with van der Waals surface area (Å²) >= 11 is 1.71.